The average Bonchev–Trinajstić information content (AvgIpc) is 3.53. The molecule has 1 saturated heterocycles. The summed E-state index contributed by atoms with van der Waals surface area (Å²) in [6.45, 7) is -0.0628. The molecule has 2 aromatic rings. The number of carbonyl (C=O) groups is 3. The van der Waals surface area contributed by atoms with Crippen molar-refractivity contribution in [3.63, 3.8) is 0 Å². The summed E-state index contributed by atoms with van der Waals surface area (Å²) in [6.07, 6.45) is 2.41. The molecule has 3 aliphatic rings. The summed E-state index contributed by atoms with van der Waals surface area (Å²) in [6, 6.07) is 10.7. The van der Waals surface area contributed by atoms with Crippen molar-refractivity contribution >= 4 is 40.8 Å². The minimum absolute atomic E-state index is 0.0239. The molecule has 5 rings (SSSR count). The summed E-state index contributed by atoms with van der Waals surface area (Å²) in [7, 11) is 0. The molecule has 4 atom stereocenters. The summed E-state index contributed by atoms with van der Waals surface area (Å²) < 4.78 is 0. The third-order valence-corrected chi connectivity index (χ3v) is 6.98. The van der Waals surface area contributed by atoms with Crippen molar-refractivity contribution in [3.05, 3.63) is 52.7 Å². The lowest BCUT2D eigenvalue weighted by atomic mass is 9.97. The van der Waals surface area contributed by atoms with Crippen LogP contribution < -0.4 is 21.5 Å². The number of nitriles is 1. The van der Waals surface area contributed by atoms with Crippen molar-refractivity contribution in [1.82, 2.24) is 15.3 Å². The van der Waals surface area contributed by atoms with Gasteiger partial charge >= 0.3 is 0 Å². The van der Waals surface area contributed by atoms with Crippen molar-refractivity contribution in [2.24, 2.45) is 11.7 Å². The largest absolute Gasteiger partial charge is 0.368 e. The van der Waals surface area contributed by atoms with Gasteiger partial charge in [-0.05, 0) is 43.4 Å². The molecule has 174 valence electrons. The van der Waals surface area contributed by atoms with E-state index >= 15 is 0 Å². The molecule has 1 unspecified atom stereocenters. The van der Waals surface area contributed by atoms with Crippen LogP contribution in [0.1, 0.15) is 36.4 Å². The number of benzene rings is 1. The number of pyridine rings is 1. The van der Waals surface area contributed by atoms with Crippen molar-refractivity contribution in [2.45, 2.75) is 37.4 Å². The molecule has 3 heterocycles. The number of nitrogens with one attached hydrogen (secondary N) is 2. The minimum atomic E-state index is -0.726. The molecule has 2 fully saturated rings. The Labute approximate surface area is 200 Å². The Morgan fingerprint density at radius 2 is 2.03 bits per heavy atom. The number of para-hydroxylation sites is 1. The standard InChI is InChI=1S/C23H22ClN7O3/c24-17-8-6-13(10-25)22(27-17)28-23(34)20-12-5-7-14(9-12)31(20)18(32)11-30-16-4-2-1-3-15(16)19(29-30)21(26)33/h1-4,6,8,12,14,19-20,29H,5,7,9,11H2,(H2,26,33)(H,27,28,34)/t12-,14+,19?,20-/m0/s1. The molecule has 1 aliphatic carbocycles. The van der Waals surface area contributed by atoms with E-state index in [1.165, 1.54) is 12.1 Å². The number of fused-ring (bicyclic) bond motifs is 3. The monoisotopic (exact) mass is 479 g/mol. The van der Waals surface area contributed by atoms with Crippen LogP contribution in [-0.2, 0) is 14.4 Å². The van der Waals surface area contributed by atoms with Crippen LogP contribution in [0.25, 0.3) is 0 Å². The van der Waals surface area contributed by atoms with Crippen LogP contribution in [0.5, 0.6) is 0 Å². The average molecular weight is 480 g/mol. The summed E-state index contributed by atoms with van der Waals surface area (Å²) >= 11 is 5.95. The summed E-state index contributed by atoms with van der Waals surface area (Å²) in [5.74, 6) is -1.07. The van der Waals surface area contributed by atoms with Gasteiger partial charge in [-0.3, -0.25) is 19.4 Å². The Bertz CT molecular complexity index is 1230. The van der Waals surface area contributed by atoms with Gasteiger partial charge in [0.25, 0.3) is 0 Å². The number of hydrazine groups is 1. The number of nitrogens with two attached hydrogens (primary N) is 1. The van der Waals surface area contributed by atoms with Gasteiger partial charge in [0.1, 0.15) is 29.9 Å². The van der Waals surface area contributed by atoms with Crippen molar-refractivity contribution < 1.29 is 14.4 Å². The van der Waals surface area contributed by atoms with E-state index in [-0.39, 0.29) is 40.9 Å². The first kappa shape index (κ1) is 22.1. The number of rotatable bonds is 5. The molecule has 10 nitrogen and oxygen atoms in total. The third kappa shape index (κ3) is 3.73. The molecule has 1 saturated carbocycles. The van der Waals surface area contributed by atoms with Gasteiger partial charge in [0.15, 0.2) is 5.82 Å². The van der Waals surface area contributed by atoms with Crippen LogP contribution in [0.2, 0.25) is 5.15 Å². The van der Waals surface area contributed by atoms with Gasteiger partial charge in [-0.1, -0.05) is 29.8 Å². The van der Waals surface area contributed by atoms with E-state index in [9.17, 15) is 19.6 Å². The molecule has 4 N–H and O–H groups in total. The van der Waals surface area contributed by atoms with Crippen LogP contribution in [0, 0.1) is 17.2 Å². The van der Waals surface area contributed by atoms with Gasteiger partial charge in [0, 0.05) is 11.6 Å². The second-order valence-electron chi connectivity index (χ2n) is 8.71. The molecule has 3 amide bonds. The SMILES string of the molecule is N#Cc1ccc(Cl)nc1NC(=O)[C@@H]1[C@H]2CC[C@H](C2)N1C(=O)CN1NC(C(N)=O)c2ccccc21. The van der Waals surface area contributed by atoms with Crippen LogP contribution in [0.4, 0.5) is 11.5 Å². The molecule has 0 radical (unpaired) electrons. The number of nitrogens with zero attached hydrogens (tertiary/aromatic N) is 4. The maximum absolute atomic E-state index is 13.5. The Morgan fingerprint density at radius 3 is 2.79 bits per heavy atom. The Morgan fingerprint density at radius 1 is 1.24 bits per heavy atom. The highest BCUT2D eigenvalue weighted by atomic mass is 35.5. The Balaban J connectivity index is 1.36. The maximum atomic E-state index is 13.5. The third-order valence-electron chi connectivity index (χ3n) is 6.77. The Hall–Kier alpha value is -3.68. The van der Waals surface area contributed by atoms with E-state index in [0.717, 1.165) is 19.3 Å². The second kappa shape index (κ2) is 8.59. The van der Waals surface area contributed by atoms with Gasteiger partial charge < -0.3 is 16.0 Å². The first-order valence-corrected chi connectivity index (χ1v) is 11.4. The number of halogens is 1. The molecular formula is C23H22ClN7O3. The second-order valence-corrected chi connectivity index (χ2v) is 9.10. The number of carbonyl (C=O) groups excluding carboxylic acids is 3. The van der Waals surface area contributed by atoms with Gasteiger partial charge in [-0.25, -0.2) is 10.4 Å². The topological polar surface area (TPSA) is 144 Å². The predicted octanol–water partition coefficient (Wildman–Crippen LogP) is 1.48. The highest BCUT2D eigenvalue weighted by Crippen LogP contribution is 2.43. The zero-order valence-electron chi connectivity index (χ0n) is 18.1. The number of amides is 3. The van der Waals surface area contributed by atoms with Crippen LogP contribution in [-0.4, -0.2) is 46.2 Å². The zero-order chi connectivity index (χ0) is 24.0. The number of primary amides is 1. The number of likely N-dealkylation sites (tertiary alicyclic amines) is 1. The number of hydrogen-bond acceptors (Lipinski definition) is 7. The molecule has 2 aliphatic heterocycles. The van der Waals surface area contributed by atoms with Gasteiger partial charge in [0.2, 0.25) is 17.7 Å². The summed E-state index contributed by atoms with van der Waals surface area (Å²) in [5, 5.41) is 13.8. The fourth-order valence-corrected chi connectivity index (χ4v) is 5.48. The zero-order valence-corrected chi connectivity index (χ0v) is 18.8. The summed E-state index contributed by atoms with van der Waals surface area (Å²) in [5.41, 5.74) is 10.1. The number of aromatic nitrogens is 1. The van der Waals surface area contributed by atoms with Crippen molar-refractivity contribution in [1.29, 1.82) is 5.26 Å². The van der Waals surface area contributed by atoms with Gasteiger partial charge in [-0.15, -0.1) is 0 Å². The highest BCUT2D eigenvalue weighted by molar-refractivity contribution is 6.29. The van der Waals surface area contributed by atoms with Crippen molar-refractivity contribution in [2.75, 3.05) is 16.9 Å². The molecule has 1 aromatic carbocycles. The van der Waals surface area contributed by atoms with Gasteiger partial charge in [0.05, 0.1) is 11.3 Å². The van der Waals surface area contributed by atoms with E-state index < -0.39 is 23.9 Å². The Kier molecular flexibility index (Phi) is 5.59. The fraction of sp³-hybridized carbons (Fsp3) is 0.348. The molecular weight excluding hydrogens is 458 g/mol. The quantitative estimate of drug-likeness (QED) is 0.550. The molecule has 2 bridgehead atoms. The van der Waals surface area contributed by atoms with E-state index in [4.69, 9.17) is 17.3 Å². The number of piperidine rings is 1. The molecule has 0 spiro atoms. The van der Waals surface area contributed by atoms with Crippen LogP contribution >= 0.6 is 11.6 Å². The van der Waals surface area contributed by atoms with E-state index in [2.05, 4.69) is 15.7 Å². The first-order valence-electron chi connectivity index (χ1n) is 11.0. The lowest BCUT2D eigenvalue weighted by molar-refractivity contribution is -0.139. The normalized spacial score (nSPS) is 24.6. The van der Waals surface area contributed by atoms with E-state index in [1.54, 1.807) is 22.0 Å². The van der Waals surface area contributed by atoms with Crippen LogP contribution in [0.15, 0.2) is 36.4 Å². The highest BCUT2D eigenvalue weighted by Gasteiger charge is 2.51. The van der Waals surface area contributed by atoms with Crippen molar-refractivity contribution in [3.8, 4) is 6.07 Å². The van der Waals surface area contributed by atoms with E-state index in [1.807, 2.05) is 18.2 Å². The molecule has 11 heteroatoms. The van der Waals surface area contributed by atoms with Gasteiger partial charge in [-0.2, -0.15) is 5.26 Å². The molecule has 34 heavy (non-hydrogen) atoms. The number of hydrogen-bond donors (Lipinski definition) is 3. The van der Waals surface area contributed by atoms with E-state index in [0.29, 0.717) is 11.3 Å². The first-order chi connectivity index (χ1) is 16.4. The minimum Gasteiger partial charge on any atom is -0.368 e. The predicted molar refractivity (Wildman–Crippen MR) is 123 cm³/mol. The smallest absolute Gasteiger partial charge is 0.248 e. The number of anilines is 2. The lowest BCUT2D eigenvalue weighted by Crippen LogP contribution is -2.55. The van der Waals surface area contributed by atoms with Crippen LogP contribution in [0.3, 0.4) is 0 Å². The lowest BCUT2D eigenvalue weighted by Gasteiger charge is -2.35. The summed E-state index contributed by atoms with van der Waals surface area (Å²) in [4.78, 5) is 44.4. The maximum Gasteiger partial charge on any atom is 0.248 e. The molecule has 1 aromatic heterocycles. The fourth-order valence-electron chi connectivity index (χ4n) is 5.33.